The smallest absolute Gasteiger partial charge is 0.422 e. The lowest BCUT2D eigenvalue weighted by Crippen LogP contribution is -2.27. The van der Waals surface area contributed by atoms with Crippen molar-refractivity contribution in [3.8, 4) is 17.4 Å². The molecule has 0 fully saturated rings. The van der Waals surface area contributed by atoms with Crippen molar-refractivity contribution in [3.63, 3.8) is 0 Å². The minimum Gasteiger partial charge on any atom is -0.482 e. The van der Waals surface area contributed by atoms with Gasteiger partial charge in [-0.05, 0) is 39.8 Å². The number of carbonyl (C=O) groups is 1. The molecule has 0 saturated heterocycles. The average Bonchev–Trinajstić information content (AvgIpc) is 3.26. The molecule has 242 valence electrons. The molecule has 3 aromatic rings. The first kappa shape index (κ1) is 34.7. The lowest BCUT2D eigenvalue weighted by Gasteiger charge is -2.25. The Morgan fingerprint density at radius 2 is 1.68 bits per heavy atom. The number of nitrogens with one attached hydrogen (secondary N) is 1. The van der Waals surface area contributed by atoms with Crippen molar-refractivity contribution in [2.45, 2.75) is 83.5 Å². The number of nitrogens with zero attached hydrogens (tertiary/aromatic N) is 4. The topological polar surface area (TPSA) is 125 Å². The number of rotatable bonds is 12. The van der Waals surface area contributed by atoms with E-state index >= 15 is 8.78 Å². The summed E-state index contributed by atoms with van der Waals surface area (Å²) >= 11 is 0. The number of sulfone groups is 1. The van der Waals surface area contributed by atoms with Crippen LogP contribution >= 0.6 is 0 Å². The van der Waals surface area contributed by atoms with Gasteiger partial charge in [0.1, 0.15) is 5.56 Å². The van der Waals surface area contributed by atoms with Crippen LogP contribution in [-0.2, 0) is 27.8 Å². The van der Waals surface area contributed by atoms with E-state index in [1.54, 1.807) is 20.8 Å². The Hall–Kier alpha value is -3.82. The zero-order chi connectivity index (χ0) is 33.1. The average molecular weight is 648 g/mol. The van der Waals surface area contributed by atoms with Crippen LogP contribution in [0.4, 0.5) is 22.0 Å². The molecule has 0 aliphatic rings. The molecule has 3 rings (SSSR count). The van der Waals surface area contributed by atoms with Crippen molar-refractivity contribution < 1.29 is 44.6 Å². The summed E-state index contributed by atoms with van der Waals surface area (Å²) in [5, 5.41) is 6.99. The summed E-state index contributed by atoms with van der Waals surface area (Å²) in [4.78, 5) is 21.1. The van der Waals surface area contributed by atoms with Gasteiger partial charge in [-0.1, -0.05) is 20.3 Å². The molecule has 1 N–H and O–H groups in total. The Morgan fingerprint density at radius 3 is 2.23 bits per heavy atom. The number of amides is 1. The van der Waals surface area contributed by atoms with E-state index in [1.807, 2.05) is 0 Å². The Bertz CT molecular complexity index is 1580. The second-order valence-electron chi connectivity index (χ2n) is 10.9. The van der Waals surface area contributed by atoms with Crippen LogP contribution in [0.15, 0.2) is 35.6 Å². The minimum atomic E-state index is -4.79. The van der Waals surface area contributed by atoms with Crippen molar-refractivity contribution in [1.82, 2.24) is 25.1 Å². The Labute approximate surface area is 251 Å². The molecule has 10 nitrogen and oxygen atoms in total. The summed E-state index contributed by atoms with van der Waals surface area (Å²) in [5.74, 6) is -5.87. The molecule has 16 heteroatoms. The molecule has 44 heavy (non-hydrogen) atoms. The molecule has 0 saturated carbocycles. The van der Waals surface area contributed by atoms with Gasteiger partial charge in [-0.25, -0.2) is 21.9 Å². The van der Waals surface area contributed by atoms with Crippen molar-refractivity contribution in [2.75, 3.05) is 12.4 Å². The predicted octanol–water partition coefficient (Wildman–Crippen LogP) is 6.09. The maximum Gasteiger partial charge on any atom is 0.422 e. The summed E-state index contributed by atoms with van der Waals surface area (Å²) in [6.07, 6.45) is -2.60. The maximum absolute atomic E-state index is 15.3. The second-order valence-corrected chi connectivity index (χ2v) is 13.2. The summed E-state index contributed by atoms with van der Waals surface area (Å²) in [5.41, 5.74) is -1.35. The molecule has 0 atom stereocenters. The first-order chi connectivity index (χ1) is 20.3. The number of alkyl halides is 5. The largest absolute Gasteiger partial charge is 0.482 e. The molecule has 0 unspecified atom stereocenters. The van der Waals surface area contributed by atoms with E-state index in [0.29, 0.717) is 5.69 Å². The van der Waals surface area contributed by atoms with Crippen LogP contribution in [0.2, 0.25) is 0 Å². The van der Waals surface area contributed by atoms with Gasteiger partial charge < -0.3 is 14.8 Å². The molecule has 3 aromatic heterocycles. The van der Waals surface area contributed by atoms with Crippen LogP contribution in [0.5, 0.6) is 17.4 Å². The van der Waals surface area contributed by atoms with Crippen LogP contribution in [0.25, 0.3) is 0 Å². The fraction of sp³-hybridized carbons (Fsp3) is 0.500. The van der Waals surface area contributed by atoms with Crippen molar-refractivity contribution in [1.29, 1.82) is 0 Å². The number of hydrogen-bond acceptors (Lipinski definition) is 8. The van der Waals surface area contributed by atoms with E-state index in [9.17, 15) is 26.4 Å². The van der Waals surface area contributed by atoms with E-state index in [2.05, 4.69) is 20.4 Å². The standard InChI is InChI=1S/C28H34F5N5O5S/c1-7-11-27(29,30)22-20(42-16-28(31,32)33)14-34-15-21(22)43-25-17(3)23(37-38(25)26(4,5)6)24(39)36-12-18-9-10-19(13-35-18)44(40,41)8-2/h9-10,13-15H,7-8,11-12,16H2,1-6H3,(H,36,39). The monoisotopic (exact) mass is 647 g/mol. The van der Waals surface area contributed by atoms with Gasteiger partial charge in [-0.3, -0.25) is 14.8 Å². The number of ether oxygens (including phenoxy) is 2. The van der Waals surface area contributed by atoms with Crippen molar-refractivity contribution in [2.24, 2.45) is 0 Å². The molecule has 0 aliphatic carbocycles. The molecule has 0 radical (unpaired) electrons. The molecule has 1 amide bonds. The van der Waals surface area contributed by atoms with Crippen molar-refractivity contribution >= 4 is 15.7 Å². The van der Waals surface area contributed by atoms with Crippen LogP contribution in [-0.4, -0.2) is 52.6 Å². The third-order valence-electron chi connectivity index (χ3n) is 6.29. The molecule has 0 aliphatic heterocycles. The lowest BCUT2D eigenvalue weighted by molar-refractivity contribution is -0.154. The summed E-state index contributed by atoms with van der Waals surface area (Å²) in [6.45, 7) is 7.73. The lowest BCUT2D eigenvalue weighted by atomic mass is 10.0. The normalized spacial score (nSPS) is 12.7. The molecule has 0 spiro atoms. The number of hydrogen-bond donors (Lipinski definition) is 1. The van der Waals surface area contributed by atoms with Gasteiger partial charge in [0.2, 0.25) is 5.88 Å². The van der Waals surface area contributed by atoms with Crippen molar-refractivity contribution in [3.05, 3.63) is 53.2 Å². The SMILES string of the molecule is CCCC(F)(F)c1c(OCC(F)(F)F)cncc1Oc1c(C)c(C(=O)NCc2ccc(S(=O)(=O)CC)cn2)nn1C(C)(C)C. The third-order valence-corrected chi connectivity index (χ3v) is 8.01. The van der Waals surface area contributed by atoms with Gasteiger partial charge in [-0.2, -0.15) is 18.3 Å². The molecular weight excluding hydrogens is 613 g/mol. The van der Waals surface area contributed by atoms with E-state index in [0.717, 1.165) is 12.4 Å². The highest BCUT2D eigenvalue weighted by atomic mass is 32.2. The Kier molecular flexibility index (Phi) is 10.3. The van der Waals surface area contributed by atoms with Gasteiger partial charge in [0.15, 0.2) is 33.6 Å². The maximum atomic E-state index is 15.3. The van der Waals surface area contributed by atoms with Crippen LogP contribution < -0.4 is 14.8 Å². The second kappa shape index (κ2) is 13.0. The van der Waals surface area contributed by atoms with Crippen LogP contribution in [0.3, 0.4) is 0 Å². The summed E-state index contributed by atoms with van der Waals surface area (Å²) < 4.78 is 105. The van der Waals surface area contributed by atoms with Gasteiger partial charge in [-0.15, -0.1) is 0 Å². The van der Waals surface area contributed by atoms with Gasteiger partial charge in [0.05, 0.1) is 40.8 Å². The predicted molar refractivity (Wildman–Crippen MR) is 150 cm³/mol. The summed E-state index contributed by atoms with van der Waals surface area (Å²) in [6, 6.07) is 2.84. The van der Waals surface area contributed by atoms with E-state index in [4.69, 9.17) is 9.47 Å². The third kappa shape index (κ3) is 8.21. The minimum absolute atomic E-state index is 0.00272. The highest BCUT2D eigenvalue weighted by molar-refractivity contribution is 7.91. The molecular formula is C28H34F5N5O5S. The fourth-order valence-corrected chi connectivity index (χ4v) is 4.89. The van der Waals surface area contributed by atoms with E-state index in [-0.39, 0.29) is 40.8 Å². The molecule has 0 bridgehead atoms. The van der Waals surface area contributed by atoms with E-state index < -0.39 is 63.5 Å². The number of aromatic nitrogens is 4. The van der Waals surface area contributed by atoms with Gasteiger partial charge in [0, 0.05) is 18.2 Å². The molecule has 3 heterocycles. The first-order valence-corrected chi connectivity index (χ1v) is 15.3. The first-order valence-electron chi connectivity index (χ1n) is 13.6. The Balaban J connectivity index is 1.99. The zero-order valence-corrected chi connectivity index (χ0v) is 25.9. The fourth-order valence-electron chi connectivity index (χ4n) is 4.06. The molecule has 0 aromatic carbocycles. The number of halogens is 5. The Morgan fingerprint density at radius 1 is 1.02 bits per heavy atom. The number of carbonyl (C=O) groups excluding carboxylic acids is 1. The highest BCUT2D eigenvalue weighted by Gasteiger charge is 2.40. The highest BCUT2D eigenvalue weighted by Crippen LogP contribution is 2.46. The quantitative estimate of drug-likeness (QED) is 0.235. The van der Waals surface area contributed by atoms with E-state index in [1.165, 1.54) is 43.8 Å². The van der Waals surface area contributed by atoms with Gasteiger partial charge >= 0.3 is 6.18 Å². The van der Waals surface area contributed by atoms with Gasteiger partial charge in [0.25, 0.3) is 11.8 Å². The van der Waals surface area contributed by atoms with Crippen LogP contribution in [0, 0.1) is 6.92 Å². The van der Waals surface area contributed by atoms with Crippen LogP contribution in [0.1, 0.15) is 74.8 Å². The summed E-state index contributed by atoms with van der Waals surface area (Å²) in [7, 11) is -3.45. The number of pyridine rings is 2. The zero-order valence-electron chi connectivity index (χ0n) is 25.1.